The van der Waals surface area contributed by atoms with E-state index in [1.807, 2.05) is 4.90 Å². The smallest absolute Gasteiger partial charge is 0.230 e. The first-order chi connectivity index (χ1) is 11.1. The molecule has 4 nitrogen and oxygen atoms in total. The van der Waals surface area contributed by atoms with Crippen LogP contribution in [0.4, 0.5) is 4.39 Å². The summed E-state index contributed by atoms with van der Waals surface area (Å²) in [5, 5.41) is 0. The van der Waals surface area contributed by atoms with Gasteiger partial charge in [0.25, 0.3) is 0 Å². The lowest BCUT2D eigenvalue weighted by molar-refractivity contribution is -0.148. The third kappa shape index (κ3) is 3.90. The third-order valence-electron chi connectivity index (χ3n) is 5.04. The molecule has 2 fully saturated rings. The molecule has 0 atom stereocenters. The fourth-order valence-corrected chi connectivity index (χ4v) is 3.24. The second kappa shape index (κ2) is 6.97. The van der Waals surface area contributed by atoms with Crippen molar-refractivity contribution in [2.45, 2.75) is 32.2 Å². The van der Waals surface area contributed by atoms with Gasteiger partial charge in [-0.05, 0) is 49.3 Å². The van der Waals surface area contributed by atoms with Crippen molar-refractivity contribution in [3.8, 4) is 0 Å². The largest absolute Gasteiger partial charge is 0.381 e. The van der Waals surface area contributed by atoms with Gasteiger partial charge in [0.2, 0.25) is 5.91 Å². The van der Waals surface area contributed by atoms with Gasteiger partial charge in [-0.1, -0.05) is 12.1 Å². The van der Waals surface area contributed by atoms with E-state index in [1.54, 1.807) is 12.1 Å². The summed E-state index contributed by atoms with van der Waals surface area (Å²) in [7, 11) is 0. The van der Waals surface area contributed by atoms with Crippen LogP contribution in [-0.4, -0.2) is 37.1 Å². The molecule has 1 aromatic carbocycles. The highest BCUT2D eigenvalue weighted by atomic mass is 19.1. The van der Waals surface area contributed by atoms with Crippen molar-refractivity contribution in [3.05, 3.63) is 35.6 Å². The molecule has 3 rings (SSSR count). The Morgan fingerprint density at radius 3 is 2.48 bits per heavy atom. The van der Waals surface area contributed by atoms with Gasteiger partial charge < -0.3 is 15.4 Å². The van der Waals surface area contributed by atoms with Gasteiger partial charge in [0.15, 0.2) is 0 Å². The molecule has 126 valence electrons. The van der Waals surface area contributed by atoms with Crippen LogP contribution < -0.4 is 5.73 Å². The van der Waals surface area contributed by atoms with Gasteiger partial charge in [0, 0.05) is 32.8 Å². The van der Waals surface area contributed by atoms with Crippen LogP contribution in [0.2, 0.25) is 0 Å². The molecule has 23 heavy (non-hydrogen) atoms. The van der Waals surface area contributed by atoms with Crippen LogP contribution in [0.25, 0.3) is 0 Å². The van der Waals surface area contributed by atoms with E-state index in [0.717, 1.165) is 12.1 Å². The Hall–Kier alpha value is -1.46. The Morgan fingerprint density at radius 2 is 1.91 bits per heavy atom. The van der Waals surface area contributed by atoms with Crippen LogP contribution in [0.15, 0.2) is 24.3 Å². The van der Waals surface area contributed by atoms with E-state index < -0.39 is 5.41 Å². The number of hydrogen-bond acceptors (Lipinski definition) is 3. The summed E-state index contributed by atoms with van der Waals surface area (Å²) in [6.45, 7) is 2.85. The van der Waals surface area contributed by atoms with Crippen LogP contribution in [0, 0.1) is 17.2 Å². The van der Waals surface area contributed by atoms with Crippen molar-refractivity contribution < 1.29 is 13.9 Å². The zero-order valence-corrected chi connectivity index (χ0v) is 13.5. The molecular weight excluding hydrogens is 295 g/mol. The van der Waals surface area contributed by atoms with Crippen molar-refractivity contribution in [2.24, 2.45) is 17.1 Å². The molecule has 1 aliphatic carbocycles. The predicted molar refractivity (Wildman–Crippen MR) is 86.1 cm³/mol. The number of hydrogen-bond donors (Lipinski definition) is 1. The maximum absolute atomic E-state index is 13.2. The summed E-state index contributed by atoms with van der Waals surface area (Å²) < 4.78 is 18.5. The SMILES string of the molecule is NCC1(C(=O)N(Cc2ccc(F)cc2)CC2CC2)CCOCC1. The third-order valence-corrected chi connectivity index (χ3v) is 5.04. The van der Waals surface area contributed by atoms with Gasteiger partial charge in [-0.15, -0.1) is 0 Å². The first kappa shape index (κ1) is 16.4. The number of nitrogens with zero attached hydrogens (tertiary/aromatic N) is 1. The summed E-state index contributed by atoms with van der Waals surface area (Å²) in [5.74, 6) is 0.491. The summed E-state index contributed by atoms with van der Waals surface area (Å²) >= 11 is 0. The van der Waals surface area contributed by atoms with Crippen LogP contribution in [0.1, 0.15) is 31.2 Å². The van der Waals surface area contributed by atoms with E-state index in [0.29, 0.717) is 45.1 Å². The molecule has 2 aliphatic rings. The Kier molecular flexibility index (Phi) is 4.97. The molecule has 0 unspecified atom stereocenters. The molecule has 1 aromatic rings. The normalized spacial score (nSPS) is 20.3. The molecular formula is C18H25FN2O2. The van der Waals surface area contributed by atoms with Crippen molar-refractivity contribution in [1.29, 1.82) is 0 Å². The predicted octanol–water partition coefficient (Wildman–Crippen LogP) is 2.32. The number of halogens is 1. The Balaban J connectivity index is 1.76. The van der Waals surface area contributed by atoms with Crippen LogP contribution in [0.3, 0.4) is 0 Å². The maximum atomic E-state index is 13.2. The van der Waals surface area contributed by atoms with E-state index in [1.165, 1.54) is 25.0 Å². The van der Waals surface area contributed by atoms with Crippen LogP contribution in [-0.2, 0) is 16.1 Å². The quantitative estimate of drug-likeness (QED) is 0.875. The number of amides is 1. The van der Waals surface area contributed by atoms with Crippen molar-refractivity contribution >= 4 is 5.91 Å². The Bertz CT molecular complexity index is 536. The summed E-state index contributed by atoms with van der Waals surface area (Å²) in [5.41, 5.74) is 6.45. The minimum atomic E-state index is -0.493. The molecule has 0 spiro atoms. The second-order valence-corrected chi connectivity index (χ2v) is 6.85. The van der Waals surface area contributed by atoms with Gasteiger partial charge in [-0.2, -0.15) is 0 Å². The first-order valence-electron chi connectivity index (χ1n) is 8.45. The van der Waals surface area contributed by atoms with E-state index >= 15 is 0 Å². The van der Waals surface area contributed by atoms with Crippen LogP contribution >= 0.6 is 0 Å². The molecule has 0 bridgehead atoms. The zero-order valence-electron chi connectivity index (χ0n) is 13.5. The molecule has 1 amide bonds. The van der Waals surface area contributed by atoms with Gasteiger partial charge in [0.1, 0.15) is 5.82 Å². The van der Waals surface area contributed by atoms with E-state index in [9.17, 15) is 9.18 Å². The Morgan fingerprint density at radius 1 is 1.26 bits per heavy atom. The van der Waals surface area contributed by atoms with Gasteiger partial charge >= 0.3 is 0 Å². The van der Waals surface area contributed by atoms with Crippen molar-refractivity contribution in [2.75, 3.05) is 26.3 Å². The molecule has 2 N–H and O–H groups in total. The van der Waals surface area contributed by atoms with Crippen LogP contribution in [0.5, 0.6) is 0 Å². The lowest BCUT2D eigenvalue weighted by Crippen LogP contribution is -2.51. The van der Waals surface area contributed by atoms with E-state index in [-0.39, 0.29) is 11.7 Å². The van der Waals surface area contributed by atoms with Gasteiger partial charge in [-0.25, -0.2) is 4.39 Å². The van der Waals surface area contributed by atoms with Gasteiger partial charge in [0.05, 0.1) is 5.41 Å². The number of nitrogens with two attached hydrogens (primary N) is 1. The second-order valence-electron chi connectivity index (χ2n) is 6.85. The first-order valence-corrected chi connectivity index (χ1v) is 8.45. The number of carbonyl (C=O) groups is 1. The van der Waals surface area contributed by atoms with Crippen molar-refractivity contribution in [3.63, 3.8) is 0 Å². The summed E-state index contributed by atoms with van der Waals surface area (Å²) in [6.07, 6.45) is 3.75. The molecule has 0 aromatic heterocycles. The number of benzene rings is 1. The fourth-order valence-electron chi connectivity index (χ4n) is 3.24. The molecule has 1 saturated carbocycles. The highest BCUT2D eigenvalue weighted by Crippen LogP contribution is 2.35. The van der Waals surface area contributed by atoms with E-state index in [2.05, 4.69) is 0 Å². The topological polar surface area (TPSA) is 55.6 Å². The van der Waals surface area contributed by atoms with E-state index in [4.69, 9.17) is 10.5 Å². The molecule has 1 heterocycles. The average Bonchev–Trinajstić information content (AvgIpc) is 3.40. The lowest BCUT2D eigenvalue weighted by atomic mass is 9.78. The minimum Gasteiger partial charge on any atom is -0.381 e. The molecule has 0 radical (unpaired) electrons. The Labute approximate surface area is 136 Å². The molecule has 1 aliphatic heterocycles. The minimum absolute atomic E-state index is 0.138. The highest BCUT2D eigenvalue weighted by Gasteiger charge is 2.42. The summed E-state index contributed by atoms with van der Waals surface area (Å²) in [6, 6.07) is 6.40. The highest BCUT2D eigenvalue weighted by molar-refractivity contribution is 5.83. The number of rotatable bonds is 6. The van der Waals surface area contributed by atoms with Gasteiger partial charge in [-0.3, -0.25) is 4.79 Å². The monoisotopic (exact) mass is 320 g/mol. The standard InChI is InChI=1S/C18H25FN2O2/c19-16-5-3-15(4-6-16)12-21(11-14-1-2-14)17(22)18(13-20)7-9-23-10-8-18/h3-6,14H,1-2,7-13,20H2. The van der Waals surface area contributed by atoms with Crippen molar-refractivity contribution in [1.82, 2.24) is 4.90 Å². The fraction of sp³-hybridized carbons (Fsp3) is 0.611. The maximum Gasteiger partial charge on any atom is 0.230 e. The zero-order chi connectivity index (χ0) is 16.3. The lowest BCUT2D eigenvalue weighted by Gasteiger charge is -2.39. The summed E-state index contributed by atoms with van der Waals surface area (Å²) in [4.78, 5) is 15.1. The molecule has 5 heteroatoms. The number of ether oxygens (including phenoxy) is 1. The molecule has 1 saturated heterocycles. The average molecular weight is 320 g/mol. The number of carbonyl (C=O) groups excluding carboxylic acids is 1.